The Kier molecular flexibility index (Phi) is 5.31. The zero-order chi connectivity index (χ0) is 20.2. The van der Waals surface area contributed by atoms with Crippen molar-refractivity contribution in [2.24, 2.45) is 4.99 Å². The van der Waals surface area contributed by atoms with Gasteiger partial charge in [0.15, 0.2) is 0 Å². The summed E-state index contributed by atoms with van der Waals surface area (Å²) >= 11 is 1.27. The molecule has 1 aromatic heterocycles. The van der Waals surface area contributed by atoms with E-state index in [1.165, 1.54) is 11.3 Å². The van der Waals surface area contributed by atoms with Crippen LogP contribution in [0.25, 0.3) is 22.7 Å². The third kappa shape index (κ3) is 4.31. The first kappa shape index (κ1) is 18.8. The number of benzene rings is 3. The monoisotopic (exact) mass is 398 g/mol. The summed E-state index contributed by atoms with van der Waals surface area (Å²) in [6.07, 6.45) is 1.70. The fraction of sp³-hybridized carbons (Fsp3) is 0.0417. The first-order valence-electron chi connectivity index (χ1n) is 9.12. The van der Waals surface area contributed by atoms with Crippen molar-refractivity contribution in [2.45, 2.75) is 6.92 Å². The van der Waals surface area contributed by atoms with E-state index in [-0.39, 0.29) is 11.7 Å². The van der Waals surface area contributed by atoms with Crippen molar-refractivity contribution in [1.29, 1.82) is 0 Å². The molecule has 0 aliphatic heterocycles. The van der Waals surface area contributed by atoms with Crippen LogP contribution < -0.4 is 4.80 Å². The van der Waals surface area contributed by atoms with Gasteiger partial charge in [-0.25, -0.2) is 4.98 Å². The minimum atomic E-state index is -0.345. The highest BCUT2D eigenvalue weighted by molar-refractivity contribution is 7.10. The number of para-hydroxylation sites is 1. The number of carbonyl (C=O) groups excluding carboxylic acids is 1. The van der Waals surface area contributed by atoms with Crippen molar-refractivity contribution < 1.29 is 9.90 Å². The van der Waals surface area contributed by atoms with E-state index < -0.39 is 0 Å². The highest BCUT2D eigenvalue weighted by Crippen LogP contribution is 2.24. The predicted molar refractivity (Wildman–Crippen MR) is 118 cm³/mol. The van der Waals surface area contributed by atoms with Gasteiger partial charge in [-0.3, -0.25) is 4.79 Å². The molecule has 5 heteroatoms. The van der Waals surface area contributed by atoms with E-state index in [4.69, 9.17) is 0 Å². The van der Waals surface area contributed by atoms with Crippen molar-refractivity contribution in [3.05, 3.63) is 105 Å². The summed E-state index contributed by atoms with van der Waals surface area (Å²) in [5, 5.41) is 11.5. The lowest BCUT2D eigenvalue weighted by Crippen LogP contribution is -2.09. The molecule has 0 aliphatic rings. The van der Waals surface area contributed by atoms with Gasteiger partial charge in [0.05, 0.1) is 5.52 Å². The number of nitrogens with zero attached hydrogens (tertiary/aromatic N) is 2. The van der Waals surface area contributed by atoms with Crippen LogP contribution in [0.15, 0.2) is 83.9 Å². The number of rotatable bonds is 3. The fourth-order valence-electron chi connectivity index (χ4n) is 2.96. The lowest BCUT2D eigenvalue weighted by Gasteiger charge is -2.04. The summed E-state index contributed by atoms with van der Waals surface area (Å²) < 4.78 is 0. The number of carbonyl (C=O) groups is 1. The molecule has 29 heavy (non-hydrogen) atoms. The summed E-state index contributed by atoms with van der Waals surface area (Å²) in [4.78, 5) is 22.3. The van der Waals surface area contributed by atoms with E-state index in [1.807, 2.05) is 61.5 Å². The molecule has 0 radical (unpaired) electrons. The number of hydrogen-bond acceptors (Lipinski definition) is 4. The molecule has 4 rings (SSSR count). The highest BCUT2D eigenvalue weighted by Gasteiger charge is 2.08. The van der Waals surface area contributed by atoms with Gasteiger partial charge in [-0.2, -0.15) is 4.99 Å². The SMILES string of the molecule is Cc1cccc(/C(O)=C/c2sc(=NC(=O)c3ccccc3)nc3ccccc23)c1. The number of aliphatic hydroxyl groups is 1. The van der Waals surface area contributed by atoms with Gasteiger partial charge in [-0.1, -0.05) is 71.5 Å². The van der Waals surface area contributed by atoms with Gasteiger partial charge in [-0.05, 0) is 37.3 Å². The van der Waals surface area contributed by atoms with Gasteiger partial charge in [0.2, 0.25) is 4.80 Å². The summed E-state index contributed by atoms with van der Waals surface area (Å²) in [5.41, 5.74) is 3.02. The largest absolute Gasteiger partial charge is 0.507 e. The molecule has 4 nitrogen and oxygen atoms in total. The van der Waals surface area contributed by atoms with E-state index in [9.17, 15) is 9.90 Å². The van der Waals surface area contributed by atoms with Gasteiger partial charge < -0.3 is 5.11 Å². The minimum Gasteiger partial charge on any atom is -0.507 e. The van der Waals surface area contributed by atoms with Crippen molar-refractivity contribution in [2.75, 3.05) is 0 Å². The van der Waals surface area contributed by atoms with Crippen LogP contribution in [0.5, 0.6) is 0 Å². The number of hydrogen-bond donors (Lipinski definition) is 1. The molecule has 0 saturated heterocycles. The normalized spacial score (nSPS) is 12.3. The van der Waals surface area contributed by atoms with Gasteiger partial charge in [-0.15, -0.1) is 0 Å². The quantitative estimate of drug-likeness (QED) is 0.470. The summed E-state index contributed by atoms with van der Waals surface area (Å²) in [5.74, 6) is -0.191. The lowest BCUT2D eigenvalue weighted by atomic mass is 10.1. The van der Waals surface area contributed by atoms with Crippen LogP contribution in [0.3, 0.4) is 0 Å². The molecule has 0 bridgehead atoms. The summed E-state index contributed by atoms with van der Waals surface area (Å²) in [6, 6.07) is 24.2. The van der Waals surface area contributed by atoms with Crippen molar-refractivity contribution >= 4 is 40.0 Å². The van der Waals surface area contributed by atoms with Crippen LogP contribution in [-0.2, 0) is 0 Å². The molecule has 1 N–H and O–H groups in total. The van der Waals surface area contributed by atoms with Crippen LogP contribution in [0.1, 0.15) is 26.4 Å². The van der Waals surface area contributed by atoms with Crippen molar-refractivity contribution in [3.63, 3.8) is 0 Å². The second kappa shape index (κ2) is 8.20. The summed E-state index contributed by atoms with van der Waals surface area (Å²) in [6.45, 7) is 1.98. The topological polar surface area (TPSA) is 62.6 Å². The van der Waals surface area contributed by atoms with Crippen LogP contribution in [0, 0.1) is 6.92 Å². The maximum atomic E-state index is 12.5. The van der Waals surface area contributed by atoms with E-state index >= 15 is 0 Å². The third-order valence-electron chi connectivity index (χ3n) is 4.39. The Morgan fingerprint density at radius 2 is 1.69 bits per heavy atom. The molecule has 0 aliphatic carbocycles. The molecule has 1 heterocycles. The van der Waals surface area contributed by atoms with Crippen LogP contribution >= 0.6 is 11.3 Å². The van der Waals surface area contributed by atoms with Gasteiger partial charge >= 0.3 is 0 Å². The molecule has 0 unspecified atom stereocenters. The Hall–Kier alpha value is -3.57. The van der Waals surface area contributed by atoms with E-state index in [0.717, 1.165) is 21.4 Å². The van der Waals surface area contributed by atoms with Crippen LogP contribution in [0.4, 0.5) is 0 Å². The molecular weight excluding hydrogens is 380 g/mol. The molecule has 0 fully saturated rings. The highest BCUT2D eigenvalue weighted by atomic mass is 32.1. The van der Waals surface area contributed by atoms with E-state index in [1.54, 1.807) is 30.3 Å². The van der Waals surface area contributed by atoms with Crippen molar-refractivity contribution in [3.8, 4) is 0 Å². The van der Waals surface area contributed by atoms with Gasteiger partial charge in [0, 0.05) is 21.4 Å². The Labute approximate surface area is 172 Å². The Balaban J connectivity index is 1.84. The number of fused-ring (bicyclic) bond motifs is 1. The zero-order valence-corrected chi connectivity index (χ0v) is 16.6. The molecule has 4 aromatic rings. The smallest absolute Gasteiger partial charge is 0.279 e. The zero-order valence-electron chi connectivity index (χ0n) is 15.7. The first-order chi connectivity index (χ1) is 14.1. The van der Waals surface area contributed by atoms with Gasteiger partial charge in [0.25, 0.3) is 5.91 Å². The predicted octanol–water partition coefficient (Wildman–Crippen LogP) is 5.40. The molecule has 142 valence electrons. The standard InChI is InChI=1S/C24H18N2O2S/c1-16-8-7-11-18(14-16)21(27)15-22-19-12-5-6-13-20(19)25-24(29-22)26-23(28)17-9-3-2-4-10-17/h2-15,27H,1H3/b21-15-,26-24?. The molecule has 0 spiro atoms. The second-order valence-corrected chi connectivity index (χ2v) is 7.57. The van der Waals surface area contributed by atoms with E-state index in [2.05, 4.69) is 9.98 Å². The lowest BCUT2D eigenvalue weighted by molar-refractivity contribution is 0.0998. The van der Waals surface area contributed by atoms with Crippen LogP contribution in [0.2, 0.25) is 0 Å². The van der Waals surface area contributed by atoms with Gasteiger partial charge in [0.1, 0.15) is 5.76 Å². The Morgan fingerprint density at radius 1 is 0.966 bits per heavy atom. The average Bonchev–Trinajstić information content (AvgIpc) is 2.74. The van der Waals surface area contributed by atoms with Crippen molar-refractivity contribution in [1.82, 2.24) is 4.98 Å². The fourth-order valence-corrected chi connectivity index (χ4v) is 3.88. The maximum absolute atomic E-state index is 12.5. The third-order valence-corrected chi connectivity index (χ3v) is 5.31. The number of aryl methyl sites for hydroxylation is 1. The number of amides is 1. The van der Waals surface area contributed by atoms with E-state index in [0.29, 0.717) is 15.9 Å². The molecule has 3 aromatic carbocycles. The molecule has 1 amide bonds. The first-order valence-corrected chi connectivity index (χ1v) is 9.93. The second-order valence-electron chi connectivity index (χ2n) is 6.56. The molecular formula is C24H18N2O2S. The minimum absolute atomic E-state index is 0.154. The Bertz CT molecular complexity index is 1290. The Morgan fingerprint density at radius 3 is 2.48 bits per heavy atom. The molecule has 0 atom stereocenters. The summed E-state index contributed by atoms with van der Waals surface area (Å²) in [7, 11) is 0. The number of aromatic nitrogens is 1. The number of aliphatic hydroxyl groups excluding tert-OH is 1. The van der Waals surface area contributed by atoms with Crippen LogP contribution in [-0.4, -0.2) is 16.0 Å². The molecule has 0 saturated carbocycles. The maximum Gasteiger partial charge on any atom is 0.279 e. The average molecular weight is 398 g/mol.